The molecule has 156 valence electrons. The summed E-state index contributed by atoms with van der Waals surface area (Å²) in [5.74, 6) is 0.553. The molecule has 7 nitrogen and oxygen atoms in total. The summed E-state index contributed by atoms with van der Waals surface area (Å²) in [5, 5.41) is 6.69. The molecule has 30 heavy (non-hydrogen) atoms. The lowest BCUT2D eigenvalue weighted by atomic mass is 10.0. The highest BCUT2D eigenvalue weighted by molar-refractivity contribution is 5.94. The average molecular weight is 409 g/mol. The van der Waals surface area contributed by atoms with E-state index in [4.69, 9.17) is 4.52 Å². The molecule has 0 spiro atoms. The summed E-state index contributed by atoms with van der Waals surface area (Å²) in [4.78, 5) is 23.8. The Morgan fingerprint density at radius 2 is 1.90 bits per heavy atom. The number of anilines is 1. The molecule has 1 saturated heterocycles. The largest absolute Gasteiger partial charge is 0.357 e. The fourth-order valence-electron chi connectivity index (χ4n) is 3.64. The first kappa shape index (κ1) is 20.0. The summed E-state index contributed by atoms with van der Waals surface area (Å²) in [6.07, 6.45) is 6.33. The number of pyridine rings is 1. The minimum atomic E-state index is -0.874. The number of nitrogens with zero attached hydrogens (tertiary/aromatic N) is 4. The number of aromatic nitrogens is 3. The Labute approximate surface area is 174 Å². The molecule has 0 saturated carbocycles. The van der Waals surface area contributed by atoms with Crippen LogP contribution in [0.25, 0.3) is 0 Å². The van der Waals surface area contributed by atoms with Crippen molar-refractivity contribution in [2.24, 2.45) is 0 Å². The van der Waals surface area contributed by atoms with Gasteiger partial charge < -0.3 is 14.7 Å². The summed E-state index contributed by atoms with van der Waals surface area (Å²) in [5.41, 5.74) is 0.649. The van der Waals surface area contributed by atoms with Gasteiger partial charge in [0.15, 0.2) is 5.82 Å². The van der Waals surface area contributed by atoms with Crippen molar-refractivity contribution in [3.63, 3.8) is 0 Å². The predicted octanol–water partition coefficient (Wildman–Crippen LogP) is 3.81. The van der Waals surface area contributed by atoms with Gasteiger partial charge in [0.1, 0.15) is 17.7 Å². The quantitative estimate of drug-likeness (QED) is 0.690. The zero-order chi connectivity index (χ0) is 20.9. The fraction of sp³-hybridized carbons (Fsp3) is 0.364. The van der Waals surface area contributed by atoms with Crippen LogP contribution in [0, 0.1) is 12.7 Å². The number of carbonyl (C=O) groups excluding carboxylic acids is 1. The maximum Gasteiger partial charge on any atom is 0.253 e. The topological polar surface area (TPSA) is 84.2 Å². The van der Waals surface area contributed by atoms with Crippen molar-refractivity contribution in [3.05, 3.63) is 71.3 Å². The number of nitrogens with one attached hydrogen (secondary N) is 1. The second-order valence-electron chi connectivity index (χ2n) is 7.41. The van der Waals surface area contributed by atoms with Crippen molar-refractivity contribution in [1.29, 1.82) is 0 Å². The smallest absolute Gasteiger partial charge is 0.253 e. The molecule has 1 atom stereocenters. The molecule has 1 aromatic carbocycles. The van der Waals surface area contributed by atoms with Gasteiger partial charge in [0, 0.05) is 31.8 Å². The Hall–Kier alpha value is -3.29. The third kappa shape index (κ3) is 4.48. The van der Waals surface area contributed by atoms with Gasteiger partial charge >= 0.3 is 0 Å². The second kappa shape index (κ2) is 9.02. The lowest BCUT2D eigenvalue weighted by molar-refractivity contribution is 0.0940. The number of rotatable bonds is 5. The van der Waals surface area contributed by atoms with Crippen LogP contribution in [0.5, 0.6) is 0 Å². The lowest BCUT2D eigenvalue weighted by Gasteiger charge is -2.21. The molecule has 3 heterocycles. The van der Waals surface area contributed by atoms with E-state index >= 15 is 0 Å². The van der Waals surface area contributed by atoms with Crippen LogP contribution in [-0.2, 0) is 0 Å². The van der Waals surface area contributed by atoms with Gasteiger partial charge in [-0.1, -0.05) is 36.2 Å². The van der Waals surface area contributed by atoms with E-state index in [1.54, 1.807) is 37.4 Å². The highest BCUT2D eigenvalue weighted by atomic mass is 19.1. The predicted molar refractivity (Wildman–Crippen MR) is 110 cm³/mol. The third-order valence-electron chi connectivity index (χ3n) is 5.23. The Balaban J connectivity index is 1.54. The van der Waals surface area contributed by atoms with Gasteiger partial charge in [0.25, 0.3) is 5.91 Å². The van der Waals surface area contributed by atoms with Crippen LogP contribution in [0.1, 0.15) is 59.4 Å². The van der Waals surface area contributed by atoms with Crippen LogP contribution >= 0.6 is 0 Å². The molecule has 1 unspecified atom stereocenters. The zero-order valence-electron chi connectivity index (χ0n) is 16.8. The van der Waals surface area contributed by atoms with Crippen LogP contribution in [0.4, 0.5) is 10.2 Å². The van der Waals surface area contributed by atoms with E-state index in [0.717, 1.165) is 31.7 Å². The Morgan fingerprint density at radius 3 is 2.53 bits per heavy atom. The van der Waals surface area contributed by atoms with Crippen molar-refractivity contribution in [2.45, 2.75) is 38.6 Å². The van der Waals surface area contributed by atoms with Gasteiger partial charge in [-0.05, 0) is 31.0 Å². The van der Waals surface area contributed by atoms with E-state index in [9.17, 15) is 9.18 Å². The van der Waals surface area contributed by atoms with E-state index in [1.165, 1.54) is 18.9 Å². The molecule has 2 aromatic heterocycles. The summed E-state index contributed by atoms with van der Waals surface area (Å²) < 4.78 is 19.5. The zero-order valence-corrected chi connectivity index (χ0v) is 16.8. The SMILES string of the molecule is Cc1nc(C(NC(=O)c2ccc(N3CCCCCC3)nc2)c2ccccc2F)no1. The summed E-state index contributed by atoms with van der Waals surface area (Å²) in [7, 11) is 0. The van der Waals surface area contributed by atoms with E-state index in [2.05, 4.69) is 25.3 Å². The number of halogens is 1. The summed E-state index contributed by atoms with van der Waals surface area (Å²) >= 11 is 0. The number of aryl methyl sites for hydroxylation is 1. The Morgan fingerprint density at radius 1 is 1.13 bits per heavy atom. The Bertz CT molecular complexity index is 997. The van der Waals surface area contributed by atoms with Crippen molar-refractivity contribution in [3.8, 4) is 0 Å². The van der Waals surface area contributed by atoms with Gasteiger partial charge in [-0.2, -0.15) is 4.98 Å². The molecule has 0 bridgehead atoms. The molecule has 1 fully saturated rings. The molecule has 1 N–H and O–H groups in total. The molecule has 1 aliphatic rings. The first-order valence-electron chi connectivity index (χ1n) is 10.2. The number of hydrogen-bond acceptors (Lipinski definition) is 6. The number of benzene rings is 1. The summed E-state index contributed by atoms with van der Waals surface area (Å²) in [6, 6.07) is 8.93. The van der Waals surface area contributed by atoms with Crippen molar-refractivity contribution in [2.75, 3.05) is 18.0 Å². The highest BCUT2D eigenvalue weighted by Gasteiger charge is 2.25. The van der Waals surface area contributed by atoms with Gasteiger partial charge in [-0.3, -0.25) is 4.79 Å². The first-order chi connectivity index (χ1) is 14.6. The van der Waals surface area contributed by atoms with Gasteiger partial charge in [0.05, 0.1) is 5.56 Å². The van der Waals surface area contributed by atoms with E-state index in [1.807, 2.05) is 6.07 Å². The first-order valence-corrected chi connectivity index (χ1v) is 10.2. The average Bonchev–Trinajstić information content (AvgIpc) is 3.01. The lowest BCUT2D eigenvalue weighted by Crippen LogP contribution is -2.31. The molecule has 0 radical (unpaired) electrons. The van der Waals surface area contributed by atoms with Crippen molar-refractivity contribution >= 4 is 11.7 Å². The van der Waals surface area contributed by atoms with Gasteiger partial charge in [0.2, 0.25) is 5.89 Å². The van der Waals surface area contributed by atoms with Gasteiger partial charge in [-0.25, -0.2) is 9.37 Å². The summed E-state index contributed by atoms with van der Waals surface area (Å²) in [6.45, 7) is 3.60. The molecule has 8 heteroatoms. The van der Waals surface area contributed by atoms with Crippen molar-refractivity contribution < 1.29 is 13.7 Å². The molecule has 1 amide bonds. The van der Waals surface area contributed by atoms with Gasteiger partial charge in [-0.15, -0.1) is 0 Å². The van der Waals surface area contributed by atoms with E-state index in [-0.39, 0.29) is 17.3 Å². The highest BCUT2D eigenvalue weighted by Crippen LogP contribution is 2.23. The maximum absolute atomic E-state index is 14.4. The van der Waals surface area contributed by atoms with Crippen LogP contribution in [0.15, 0.2) is 47.1 Å². The van der Waals surface area contributed by atoms with Crippen molar-refractivity contribution in [1.82, 2.24) is 20.4 Å². The standard InChI is InChI=1S/C22H24FN5O2/c1-15-25-21(27-30-15)20(17-8-4-5-9-18(17)23)26-22(29)16-10-11-19(24-14-16)28-12-6-2-3-7-13-28/h4-5,8-11,14,20H,2-3,6-7,12-13H2,1H3,(H,26,29). The van der Waals surface area contributed by atoms with Crippen LogP contribution in [0.3, 0.4) is 0 Å². The second-order valence-corrected chi connectivity index (χ2v) is 7.41. The Kier molecular flexibility index (Phi) is 6.02. The maximum atomic E-state index is 14.4. The molecule has 1 aliphatic heterocycles. The minimum Gasteiger partial charge on any atom is -0.357 e. The van der Waals surface area contributed by atoms with E-state index < -0.39 is 11.9 Å². The third-order valence-corrected chi connectivity index (χ3v) is 5.23. The number of amides is 1. The van der Waals surface area contributed by atoms with Crippen LogP contribution in [0.2, 0.25) is 0 Å². The monoisotopic (exact) mass is 409 g/mol. The minimum absolute atomic E-state index is 0.195. The molecular weight excluding hydrogens is 385 g/mol. The fourth-order valence-corrected chi connectivity index (χ4v) is 3.64. The molecule has 4 rings (SSSR count). The van der Waals surface area contributed by atoms with E-state index in [0.29, 0.717) is 11.5 Å². The van der Waals surface area contributed by atoms with Crippen LogP contribution in [-0.4, -0.2) is 34.1 Å². The molecule has 0 aliphatic carbocycles. The molecule has 3 aromatic rings. The number of carbonyl (C=O) groups is 1. The molecular formula is C22H24FN5O2. The normalized spacial score (nSPS) is 15.5. The van der Waals surface area contributed by atoms with Crippen LogP contribution < -0.4 is 10.2 Å². The number of hydrogen-bond donors (Lipinski definition) is 1.